The minimum atomic E-state index is -0.378. The quantitative estimate of drug-likeness (QED) is 0.296. The predicted molar refractivity (Wildman–Crippen MR) is 124 cm³/mol. The Balaban J connectivity index is 1.47. The molecule has 4 rings (SSSR count). The second-order valence-corrected chi connectivity index (χ2v) is 8.14. The molecule has 4 aromatic rings. The van der Waals surface area contributed by atoms with Crippen LogP contribution in [0.15, 0.2) is 82.5 Å². The fraction of sp³-hybridized carbons (Fsp3) is 0.0870. The van der Waals surface area contributed by atoms with Gasteiger partial charge in [0.15, 0.2) is 5.69 Å². The van der Waals surface area contributed by atoms with Gasteiger partial charge >= 0.3 is 0 Å². The van der Waals surface area contributed by atoms with Gasteiger partial charge in [-0.15, -0.1) is 0 Å². The Morgan fingerprint density at radius 3 is 2.60 bits per heavy atom. The minimum Gasteiger partial charge on any atom is -0.266 e. The van der Waals surface area contributed by atoms with Gasteiger partial charge in [0.05, 0.1) is 16.7 Å². The smallest absolute Gasteiger partial charge is 0.266 e. The first-order valence-corrected chi connectivity index (χ1v) is 10.5. The van der Waals surface area contributed by atoms with E-state index in [1.165, 1.54) is 0 Å². The third-order valence-electron chi connectivity index (χ3n) is 4.68. The number of carbonyl (C=O) groups excluding carboxylic acids is 1. The van der Waals surface area contributed by atoms with Crippen LogP contribution in [-0.2, 0) is 6.54 Å². The van der Waals surface area contributed by atoms with E-state index in [1.54, 1.807) is 10.9 Å². The average Bonchev–Trinajstić information content (AvgIpc) is 3.13. The lowest BCUT2D eigenvalue weighted by Crippen LogP contribution is -2.20. The Labute approximate surface area is 187 Å². The van der Waals surface area contributed by atoms with Gasteiger partial charge < -0.3 is 0 Å². The first kappa shape index (κ1) is 20.3. The number of halogens is 2. The van der Waals surface area contributed by atoms with E-state index in [0.29, 0.717) is 21.8 Å². The molecule has 1 heterocycles. The van der Waals surface area contributed by atoms with Crippen LogP contribution in [0.1, 0.15) is 28.5 Å². The van der Waals surface area contributed by atoms with Crippen LogP contribution in [0, 0.1) is 0 Å². The molecule has 0 radical (unpaired) electrons. The summed E-state index contributed by atoms with van der Waals surface area (Å²) in [7, 11) is 0. The Bertz CT molecular complexity index is 1250. The van der Waals surface area contributed by atoms with Gasteiger partial charge in [0.2, 0.25) is 0 Å². The molecule has 30 heavy (non-hydrogen) atoms. The molecule has 0 bridgehead atoms. The first-order chi connectivity index (χ1) is 14.5. The molecule has 0 aliphatic carbocycles. The van der Waals surface area contributed by atoms with Crippen LogP contribution in [0.4, 0.5) is 0 Å². The van der Waals surface area contributed by atoms with Crippen molar-refractivity contribution < 1.29 is 4.79 Å². The molecule has 0 saturated heterocycles. The van der Waals surface area contributed by atoms with Gasteiger partial charge in [-0.25, -0.2) is 5.43 Å². The standard InChI is InChI=1S/C23H18BrClN4O/c1-15(18-9-8-17-4-2-3-5-19(17)12-18)26-27-23(30)22-21(24)14-29(28-22)13-16-6-10-20(25)11-7-16/h2-12,14H,13H2,1H3,(H,27,30)/b26-15-. The number of aromatic nitrogens is 2. The fourth-order valence-electron chi connectivity index (χ4n) is 3.08. The normalized spacial score (nSPS) is 11.6. The van der Waals surface area contributed by atoms with Gasteiger partial charge in [0.25, 0.3) is 5.91 Å². The van der Waals surface area contributed by atoms with Gasteiger partial charge in [0.1, 0.15) is 0 Å². The highest BCUT2D eigenvalue weighted by atomic mass is 79.9. The Kier molecular flexibility index (Phi) is 5.97. The monoisotopic (exact) mass is 480 g/mol. The number of amides is 1. The number of rotatable bonds is 5. The van der Waals surface area contributed by atoms with E-state index >= 15 is 0 Å². The number of hydrogen-bond acceptors (Lipinski definition) is 3. The van der Waals surface area contributed by atoms with Crippen molar-refractivity contribution in [1.29, 1.82) is 0 Å². The summed E-state index contributed by atoms with van der Waals surface area (Å²) in [5.41, 5.74) is 5.57. The topological polar surface area (TPSA) is 59.3 Å². The largest absolute Gasteiger partial charge is 0.293 e. The van der Waals surface area contributed by atoms with Crippen molar-refractivity contribution in [3.8, 4) is 0 Å². The second kappa shape index (κ2) is 8.81. The Morgan fingerprint density at radius 1 is 1.10 bits per heavy atom. The van der Waals surface area contributed by atoms with E-state index in [-0.39, 0.29) is 11.6 Å². The molecule has 7 heteroatoms. The minimum absolute atomic E-state index is 0.277. The molecule has 0 aliphatic heterocycles. The van der Waals surface area contributed by atoms with E-state index < -0.39 is 0 Å². The highest BCUT2D eigenvalue weighted by molar-refractivity contribution is 9.10. The molecule has 150 valence electrons. The maximum absolute atomic E-state index is 12.6. The van der Waals surface area contributed by atoms with Crippen molar-refractivity contribution in [3.63, 3.8) is 0 Å². The van der Waals surface area contributed by atoms with Crippen LogP contribution < -0.4 is 5.43 Å². The molecule has 5 nitrogen and oxygen atoms in total. The van der Waals surface area contributed by atoms with Crippen LogP contribution in [0.3, 0.4) is 0 Å². The van der Waals surface area contributed by atoms with Crippen LogP contribution in [0.5, 0.6) is 0 Å². The van der Waals surface area contributed by atoms with E-state index in [2.05, 4.69) is 49.8 Å². The second-order valence-electron chi connectivity index (χ2n) is 6.85. The third kappa shape index (κ3) is 4.61. The molecule has 0 fully saturated rings. The van der Waals surface area contributed by atoms with Gasteiger partial charge in [-0.3, -0.25) is 9.48 Å². The molecule has 0 saturated carbocycles. The van der Waals surface area contributed by atoms with Gasteiger partial charge in [-0.05, 0) is 63.0 Å². The summed E-state index contributed by atoms with van der Waals surface area (Å²) in [5, 5.41) is 11.6. The number of fused-ring (bicyclic) bond motifs is 1. The summed E-state index contributed by atoms with van der Waals surface area (Å²) >= 11 is 9.33. The molecular weight excluding hydrogens is 464 g/mol. The van der Waals surface area contributed by atoms with Crippen LogP contribution in [-0.4, -0.2) is 21.4 Å². The van der Waals surface area contributed by atoms with Gasteiger partial charge in [-0.2, -0.15) is 10.2 Å². The summed E-state index contributed by atoms with van der Waals surface area (Å²) in [4.78, 5) is 12.6. The molecule has 1 amide bonds. The number of hydrazone groups is 1. The molecule has 1 N–H and O–H groups in total. The first-order valence-electron chi connectivity index (χ1n) is 9.31. The summed E-state index contributed by atoms with van der Waals surface area (Å²) in [6.07, 6.45) is 1.77. The molecule has 0 atom stereocenters. The SMILES string of the molecule is C/C(=N/NC(=O)c1nn(Cc2ccc(Cl)cc2)cc1Br)c1ccc2ccccc2c1. The number of hydrogen-bond donors (Lipinski definition) is 1. The van der Waals surface area contributed by atoms with Crippen molar-refractivity contribution in [2.45, 2.75) is 13.5 Å². The molecule has 0 aliphatic rings. The number of nitrogens with one attached hydrogen (secondary N) is 1. The summed E-state index contributed by atoms with van der Waals surface area (Å²) in [6, 6.07) is 21.7. The average molecular weight is 482 g/mol. The lowest BCUT2D eigenvalue weighted by Gasteiger charge is -2.04. The van der Waals surface area contributed by atoms with Crippen molar-refractivity contribution in [1.82, 2.24) is 15.2 Å². The van der Waals surface area contributed by atoms with Crippen LogP contribution >= 0.6 is 27.5 Å². The number of carbonyl (C=O) groups is 1. The highest BCUT2D eigenvalue weighted by Crippen LogP contribution is 2.18. The molecular formula is C23H18BrClN4O. The summed E-state index contributed by atoms with van der Waals surface area (Å²) in [5.74, 6) is -0.378. The third-order valence-corrected chi connectivity index (χ3v) is 5.51. The molecule has 0 unspecified atom stereocenters. The number of nitrogens with zero attached hydrogens (tertiary/aromatic N) is 3. The lowest BCUT2D eigenvalue weighted by molar-refractivity contribution is 0.0948. The lowest BCUT2D eigenvalue weighted by atomic mass is 10.0. The Hall–Kier alpha value is -2.96. The van der Waals surface area contributed by atoms with Gasteiger partial charge in [-0.1, -0.05) is 60.1 Å². The number of benzene rings is 3. The predicted octanol–water partition coefficient (Wildman–Crippen LogP) is 5.65. The summed E-state index contributed by atoms with van der Waals surface area (Å²) in [6.45, 7) is 2.39. The van der Waals surface area contributed by atoms with Gasteiger partial charge in [0, 0.05) is 11.2 Å². The summed E-state index contributed by atoms with van der Waals surface area (Å²) < 4.78 is 2.30. The van der Waals surface area contributed by atoms with Crippen molar-refractivity contribution in [2.24, 2.45) is 5.10 Å². The van der Waals surface area contributed by atoms with E-state index in [1.807, 2.05) is 55.5 Å². The van der Waals surface area contributed by atoms with E-state index in [4.69, 9.17) is 11.6 Å². The zero-order valence-electron chi connectivity index (χ0n) is 16.1. The Morgan fingerprint density at radius 2 is 1.83 bits per heavy atom. The van der Waals surface area contributed by atoms with E-state index in [0.717, 1.165) is 21.9 Å². The zero-order valence-corrected chi connectivity index (χ0v) is 18.5. The maximum Gasteiger partial charge on any atom is 0.293 e. The molecule has 1 aromatic heterocycles. The zero-order chi connectivity index (χ0) is 21.1. The van der Waals surface area contributed by atoms with Crippen molar-refractivity contribution >= 4 is 49.9 Å². The fourth-order valence-corrected chi connectivity index (χ4v) is 3.70. The maximum atomic E-state index is 12.6. The van der Waals surface area contributed by atoms with E-state index in [9.17, 15) is 4.79 Å². The molecule has 0 spiro atoms. The van der Waals surface area contributed by atoms with Crippen molar-refractivity contribution in [2.75, 3.05) is 0 Å². The van der Waals surface area contributed by atoms with Crippen LogP contribution in [0.25, 0.3) is 10.8 Å². The highest BCUT2D eigenvalue weighted by Gasteiger charge is 2.15. The molecule has 3 aromatic carbocycles. The van der Waals surface area contributed by atoms with Crippen LogP contribution in [0.2, 0.25) is 5.02 Å². The van der Waals surface area contributed by atoms with Crippen molar-refractivity contribution in [3.05, 3.63) is 99.2 Å².